The van der Waals surface area contributed by atoms with Gasteiger partial charge in [0.15, 0.2) is 0 Å². The number of hydrogen-bond acceptors (Lipinski definition) is 2. The standard InChI is InChI=1S/C20H13FN2O2/c21-18-5-1-2-6-19(18)23-11-3-4-17(23)12-16(13-22)14-7-9-15(10-8-14)20(24)25/h1-12H,(H,24,25). The van der Waals surface area contributed by atoms with Crippen molar-refractivity contribution in [3.05, 3.63) is 89.5 Å². The Hall–Kier alpha value is -3.65. The smallest absolute Gasteiger partial charge is 0.335 e. The molecule has 0 fully saturated rings. The number of para-hydroxylation sites is 1. The Labute approximate surface area is 143 Å². The van der Waals surface area contributed by atoms with Crippen molar-refractivity contribution < 1.29 is 14.3 Å². The lowest BCUT2D eigenvalue weighted by molar-refractivity contribution is 0.0697. The van der Waals surface area contributed by atoms with E-state index in [-0.39, 0.29) is 11.4 Å². The minimum absolute atomic E-state index is 0.149. The minimum atomic E-state index is -1.03. The van der Waals surface area contributed by atoms with Crippen molar-refractivity contribution in [3.8, 4) is 11.8 Å². The molecule has 0 atom stereocenters. The van der Waals surface area contributed by atoms with Crippen LogP contribution in [0.2, 0.25) is 0 Å². The molecule has 0 saturated carbocycles. The van der Waals surface area contributed by atoms with Gasteiger partial charge in [-0.15, -0.1) is 0 Å². The zero-order chi connectivity index (χ0) is 17.8. The summed E-state index contributed by atoms with van der Waals surface area (Å²) in [4.78, 5) is 10.9. The van der Waals surface area contributed by atoms with Crippen molar-refractivity contribution in [1.82, 2.24) is 4.57 Å². The van der Waals surface area contributed by atoms with E-state index < -0.39 is 5.97 Å². The van der Waals surface area contributed by atoms with E-state index >= 15 is 0 Å². The maximum absolute atomic E-state index is 14.0. The number of rotatable bonds is 4. The average Bonchev–Trinajstić information content (AvgIpc) is 3.08. The highest BCUT2D eigenvalue weighted by molar-refractivity contribution is 5.92. The van der Waals surface area contributed by atoms with Gasteiger partial charge in [0, 0.05) is 11.9 Å². The normalized spacial score (nSPS) is 11.1. The Kier molecular flexibility index (Phi) is 4.44. The topological polar surface area (TPSA) is 66.0 Å². The van der Waals surface area contributed by atoms with Crippen molar-refractivity contribution in [2.75, 3.05) is 0 Å². The molecule has 3 rings (SSSR count). The summed E-state index contributed by atoms with van der Waals surface area (Å²) in [7, 11) is 0. The maximum atomic E-state index is 14.0. The van der Waals surface area contributed by atoms with Crippen molar-refractivity contribution in [3.63, 3.8) is 0 Å². The molecule has 4 nitrogen and oxygen atoms in total. The lowest BCUT2D eigenvalue weighted by Crippen LogP contribution is -1.98. The highest BCUT2D eigenvalue weighted by Gasteiger charge is 2.09. The Morgan fingerprint density at radius 1 is 1.04 bits per heavy atom. The molecule has 0 aliphatic rings. The van der Waals surface area contributed by atoms with Gasteiger partial charge in [0.1, 0.15) is 5.82 Å². The number of nitriles is 1. The molecule has 122 valence electrons. The molecule has 3 aromatic rings. The molecule has 1 aromatic heterocycles. The van der Waals surface area contributed by atoms with E-state index in [0.29, 0.717) is 22.5 Å². The molecule has 0 saturated heterocycles. The lowest BCUT2D eigenvalue weighted by Gasteiger charge is -2.08. The van der Waals surface area contributed by atoms with Gasteiger partial charge in [-0.05, 0) is 48.0 Å². The first kappa shape index (κ1) is 16.2. The third kappa shape index (κ3) is 3.33. The number of aromatic nitrogens is 1. The fourth-order valence-corrected chi connectivity index (χ4v) is 2.50. The van der Waals surface area contributed by atoms with Crippen LogP contribution in [0.25, 0.3) is 17.3 Å². The Balaban J connectivity index is 2.02. The van der Waals surface area contributed by atoms with Gasteiger partial charge in [-0.1, -0.05) is 24.3 Å². The summed E-state index contributed by atoms with van der Waals surface area (Å²) in [6.07, 6.45) is 3.36. The van der Waals surface area contributed by atoms with Crippen LogP contribution < -0.4 is 0 Å². The molecule has 5 heteroatoms. The maximum Gasteiger partial charge on any atom is 0.335 e. The SMILES string of the molecule is N#CC(=Cc1cccn1-c1ccccc1F)c1ccc(C(=O)O)cc1. The second kappa shape index (κ2) is 6.85. The lowest BCUT2D eigenvalue weighted by atomic mass is 10.0. The van der Waals surface area contributed by atoms with Crippen molar-refractivity contribution in [1.29, 1.82) is 5.26 Å². The number of aromatic carboxylic acids is 1. The summed E-state index contributed by atoms with van der Waals surface area (Å²) in [5.74, 6) is -1.39. The van der Waals surface area contributed by atoms with Crippen LogP contribution in [-0.4, -0.2) is 15.6 Å². The zero-order valence-corrected chi connectivity index (χ0v) is 13.1. The van der Waals surface area contributed by atoms with Gasteiger partial charge < -0.3 is 9.67 Å². The van der Waals surface area contributed by atoms with E-state index in [0.717, 1.165) is 0 Å². The van der Waals surface area contributed by atoms with E-state index in [2.05, 4.69) is 6.07 Å². The Morgan fingerprint density at radius 3 is 2.36 bits per heavy atom. The molecular weight excluding hydrogens is 319 g/mol. The number of carboxylic acids is 1. The summed E-state index contributed by atoms with van der Waals surface area (Å²) in [6, 6.07) is 18.1. The van der Waals surface area contributed by atoms with Gasteiger partial charge in [-0.2, -0.15) is 5.26 Å². The third-order valence-electron chi connectivity index (χ3n) is 3.75. The van der Waals surface area contributed by atoms with Gasteiger partial charge in [-0.25, -0.2) is 9.18 Å². The van der Waals surface area contributed by atoms with Crippen LogP contribution in [0.5, 0.6) is 0 Å². The summed E-state index contributed by atoms with van der Waals surface area (Å²) >= 11 is 0. The molecule has 0 bridgehead atoms. The largest absolute Gasteiger partial charge is 0.478 e. The van der Waals surface area contributed by atoms with E-state index in [4.69, 9.17) is 5.11 Å². The fourth-order valence-electron chi connectivity index (χ4n) is 2.50. The van der Waals surface area contributed by atoms with Gasteiger partial charge in [0.25, 0.3) is 0 Å². The predicted octanol–water partition coefficient (Wildman–Crippen LogP) is 4.38. The minimum Gasteiger partial charge on any atom is -0.478 e. The van der Waals surface area contributed by atoms with Crippen LogP contribution in [-0.2, 0) is 0 Å². The van der Waals surface area contributed by atoms with Gasteiger partial charge in [-0.3, -0.25) is 0 Å². The van der Waals surface area contributed by atoms with E-state index in [1.54, 1.807) is 59.3 Å². The molecule has 0 radical (unpaired) electrons. The Bertz CT molecular complexity index is 995. The number of carbonyl (C=O) groups is 1. The molecule has 0 unspecified atom stereocenters. The summed E-state index contributed by atoms with van der Waals surface area (Å²) in [5.41, 5.74) is 2.12. The van der Waals surface area contributed by atoms with Crippen LogP contribution >= 0.6 is 0 Å². The number of carboxylic acid groups (broad SMARTS) is 1. The van der Waals surface area contributed by atoms with Crippen molar-refractivity contribution in [2.24, 2.45) is 0 Å². The molecule has 0 aliphatic heterocycles. The van der Waals surface area contributed by atoms with Gasteiger partial charge in [0.05, 0.1) is 22.9 Å². The first-order chi connectivity index (χ1) is 12.1. The number of benzene rings is 2. The Morgan fingerprint density at radius 2 is 1.72 bits per heavy atom. The molecule has 1 N–H and O–H groups in total. The average molecular weight is 332 g/mol. The highest BCUT2D eigenvalue weighted by atomic mass is 19.1. The number of nitrogens with zero attached hydrogens (tertiary/aromatic N) is 2. The van der Waals surface area contributed by atoms with Crippen LogP contribution in [0.15, 0.2) is 66.9 Å². The zero-order valence-electron chi connectivity index (χ0n) is 13.1. The second-order valence-electron chi connectivity index (χ2n) is 5.31. The number of halogens is 1. The first-order valence-corrected chi connectivity index (χ1v) is 7.48. The van der Waals surface area contributed by atoms with Crippen molar-refractivity contribution in [2.45, 2.75) is 0 Å². The third-order valence-corrected chi connectivity index (χ3v) is 3.75. The summed E-state index contributed by atoms with van der Waals surface area (Å²) in [5, 5.41) is 18.4. The monoisotopic (exact) mass is 332 g/mol. The van der Waals surface area contributed by atoms with Crippen molar-refractivity contribution >= 4 is 17.6 Å². The number of allylic oxidation sites excluding steroid dienone is 1. The van der Waals surface area contributed by atoms with Gasteiger partial charge in [0.2, 0.25) is 0 Å². The molecule has 2 aromatic carbocycles. The van der Waals surface area contributed by atoms with Crippen LogP contribution in [0.4, 0.5) is 4.39 Å². The fraction of sp³-hybridized carbons (Fsp3) is 0. The first-order valence-electron chi connectivity index (χ1n) is 7.48. The molecule has 0 aliphatic carbocycles. The predicted molar refractivity (Wildman–Crippen MR) is 92.6 cm³/mol. The summed E-state index contributed by atoms with van der Waals surface area (Å²) in [6.45, 7) is 0. The highest BCUT2D eigenvalue weighted by Crippen LogP contribution is 2.22. The quantitative estimate of drug-likeness (QED) is 0.721. The van der Waals surface area contributed by atoms with E-state index in [1.807, 2.05) is 0 Å². The van der Waals surface area contributed by atoms with Crippen LogP contribution in [0.3, 0.4) is 0 Å². The molecule has 0 spiro atoms. The van der Waals surface area contributed by atoms with Crippen LogP contribution in [0.1, 0.15) is 21.6 Å². The van der Waals surface area contributed by atoms with Gasteiger partial charge >= 0.3 is 5.97 Å². The van der Waals surface area contributed by atoms with Crippen LogP contribution in [0, 0.1) is 17.1 Å². The summed E-state index contributed by atoms with van der Waals surface area (Å²) < 4.78 is 15.7. The molecule has 1 heterocycles. The molecule has 25 heavy (non-hydrogen) atoms. The number of hydrogen-bond donors (Lipinski definition) is 1. The molecular formula is C20H13FN2O2. The second-order valence-corrected chi connectivity index (χ2v) is 5.31. The van der Waals surface area contributed by atoms with E-state index in [1.165, 1.54) is 18.2 Å². The molecule has 0 amide bonds. The van der Waals surface area contributed by atoms with E-state index in [9.17, 15) is 14.4 Å².